The molecule has 3 aromatic heterocycles. The maximum absolute atomic E-state index is 12.9. The predicted molar refractivity (Wildman–Crippen MR) is 120 cm³/mol. The van der Waals surface area contributed by atoms with Gasteiger partial charge in [0, 0.05) is 11.6 Å². The van der Waals surface area contributed by atoms with Gasteiger partial charge in [-0.1, -0.05) is 36.4 Å². The molecule has 166 valence electrons. The molecule has 11 heteroatoms. The minimum Gasteiger partial charge on any atom is -0.459 e. The van der Waals surface area contributed by atoms with Crippen molar-refractivity contribution < 1.29 is 13.6 Å². The quantitative estimate of drug-likeness (QED) is 0.330. The van der Waals surface area contributed by atoms with Crippen LogP contribution < -0.4 is 0 Å². The molecule has 0 saturated heterocycles. The van der Waals surface area contributed by atoms with Gasteiger partial charge in [-0.2, -0.15) is 0 Å². The minimum atomic E-state index is -0.0638. The summed E-state index contributed by atoms with van der Waals surface area (Å²) in [6.07, 6.45) is 3.94. The van der Waals surface area contributed by atoms with Crippen molar-refractivity contribution in [2.24, 2.45) is 0 Å². The zero-order valence-corrected chi connectivity index (χ0v) is 19.1. The van der Waals surface area contributed by atoms with Gasteiger partial charge in [-0.05, 0) is 43.2 Å². The lowest BCUT2D eigenvalue weighted by atomic mass is 10.2. The first-order valence-electron chi connectivity index (χ1n) is 9.98. The minimum absolute atomic E-state index is 0.0638. The molecule has 0 aliphatic carbocycles. The molecule has 0 radical (unpaired) electrons. The number of thioether (sulfide) groups is 1. The van der Waals surface area contributed by atoms with Crippen LogP contribution in [-0.4, -0.2) is 48.1 Å². The molecule has 3 heterocycles. The van der Waals surface area contributed by atoms with Gasteiger partial charge in [-0.3, -0.25) is 9.36 Å². The number of aryl methyl sites for hydroxylation is 1. The van der Waals surface area contributed by atoms with E-state index in [4.69, 9.17) is 20.4 Å². The molecule has 1 aromatic carbocycles. The van der Waals surface area contributed by atoms with Crippen LogP contribution in [0.3, 0.4) is 0 Å². The molecule has 0 N–H and O–H groups in total. The molecule has 0 unspecified atom stereocenters. The molecular weight excluding hydrogens is 452 g/mol. The van der Waals surface area contributed by atoms with E-state index in [1.54, 1.807) is 27.9 Å². The Kier molecular flexibility index (Phi) is 6.91. The number of rotatable bonds is 9. The topological polar surface area (TPSA) is 103 Å². The van der Waals surface area contributed by atoms with Crippen LogP contribution in [0.5, 0.6) is 0 Å². The standard InChI is InChI=1S/C21H21ClN6O3S/c1-3-8-27(11-18-24-25-20(31-18)17-5-4-9-30-17)19(29)12-32-21-26-23-13-28(21)15-7-6-14(2)16(22)10-15/h4-7,9-10,13H,3,8,11-12H2,1-2H3. The Balaban J connectivity index is 1.42. The van der Waals surface area contributed by atoms with Gasteiger partial charge in [0.25, 0.3) is 5.89 Å². The molecular formula is C21H21ClN6O3S. The molecule has 0 bridgehead atoms. The van der Waals surface area contributed by atoms with Crippen molar-refractivity contribution in [3.05, 3.63) is 59.4 Å². The average Bonchev–Trinajstić information content (AvgIpc) is 3.55. The highest BCUT2D eigenvalue weighted by molar-refractivity contribution is 7.99. The van der Waals surface area contributed by atoms with Gasteiger partial charge in [0.1, 0.15) is 6.33 Å². The largest absolute Gasteiger partial charge is 0.459 e. The summed E-state index contributed by atoms with van der Waals surface area (Å²) in [4.78, 5) is 14.6. The zero-order valence-electron chi connectivity index (χ0n) is 17.6. The van der Waals surface area contributed by atoms with Gasteiger partial charge in [0.2, 0.25) is 11.8 Å². The Hall–Kier alpha value is -3.11. The fraction of sp³-hybridized carbons (Fsp3) is 0.286. The summed E-state index contributed by atoms with van der Waals surface area (Å²) in [5.74, 6) is 1.25. The Morgan fingerprint density at radius 1 is 1.25 bits per heavy atom. The first-order chi connectivity index (χ1) is 15.5. The molecule has 0 atom stereocenters. The number of furan rings is 1. The molecule has 4 aromatic rings. The van der Waals surface area contributed by atoms with Crippen molar-refractivity contribution in [2.45, 2.75) is 32.0 Å². The number of aromatic nitrogens is 5. The molecule has 0 spiro atoms. The van der Waals surface area contributed by atoms with Gasteiger partial charge >= 0.3 is 0 Å². The maximum atomic E-state index is 12.9. The summed E-state index contributed by atoms with van der Waals surface area (Å²) in [5.41, 5.74) is 1.82. The van der Waals surface area contributed by atoms with E-state index in [0.717, 1.165) is 17.7 Å². The van der Waals surface area contributed by atoms with Gasteiger partial charge in [-0.25, -0.2) is 0 Å². The number of halogens is 1. The second-order valence-corrected chi connectivity index (χ2v) is 8.35. The fourth-order valence-corrected chi connectivity index (χ4v) is 4.00. The van der Waals surface area contributed by atoms with Crippen molar-refractivity contribution in [1.29, 1.82) is 0 Å². The van der Waals surface area contributed by atoms with Crippen LogP contribution in [0.1, 0.15) is 24.8 Å². The van der Waals surface area contributed by atoms with Crippen LogP contribution in [-0.2, 0) is 11.3 Å². The second kappa shape index (κ2) is 10.0. The molecule has 9 nitrogen and oxygen atoms in total. The van der Waals surface area contributed by atoms with Gasteiger partial charge in [-0.15, -0.1) is 20.4 Å². The first kappa shape index (κ1) is 22.1. The van der Waals surface area contributed by atoms with E-state index in [1.807, 2.05) is 32.0 Å². The van der Waals surface area contributed by atoms with E-state index in [1.165, 1.54) is 18.0 Å². The molecule has 32 heavy (non-hydrogen) atoms. The normalized spacial score (nSPS) is 11.1. The van der Waals surface area contributed by atoms with E-state index >= 15 is 0 Å². The first-order valence-corrected chi connectivity index (χ1v) is 11.3. The van der Waals surface area contributed by atoms with E-state index in [0.29, 0.717) is 28.4 Å². The van der Waals surface area contributed by atoms with E-state index in [-0.39, 0.29) is 24.1 Å². The third-order valence-electron chi connectivity index (χ3n) is 4.65. The average molecular weight is 473 g/mol. The lowest BCUT2D eigenvalue weighted by molar-refractivity contribution is -0.129. The molecule has 0 aliphatic rings. The smallest absolute Gasteiger partial charge is 0.283 e. The number of carbonyl (C=O) groups is 1. The Labute approximate surface area is 193 Å². The van der Waals surface area contributed by atoms with Crippen LogP contribution in [0.2, 0.25) is 5.02 Å². The van der Waals surface area contributed by atoms with Crippen molar-refractivity contribution in [1.82, 2.24) is 29.9 Å². The van der Waals surface area contributed by atoms with E-state index < -0.39 is 0 Å². The number of hydrogen-bond acceptors (Lipinski definition) is 8. The second-order valence-electron chi connectivity index (χ2n) is 7.00. The summed E-state index contributed by atoms with van der Waals surface area (Å²) >= 11 is 7.56. The number of carbonyl (C=O) groups excluding carboxylic acids is 1. The van der Waals surface area contributed by atoms with Gasteiger partial charge < -0.3 is 13.7 Å². The number of amides is 1. The Bertz CT molecular complexity index is 1190. The fourth-order valence-electron chi connectivity index (χ4n) is 2.99. The predicted octanol–water partition coefficient (Wildman–Crippen LogP) is 4.40. The van der Waals surface area contributed by atoms with E-state index in [2.05, 4.69) is 20.4 Å². The van der Waals surface area contributed by atoms with Crippen molar-refractivity contribution >= 4 is 29.3 Å². The van der Waals surface area contributed by atoms with Gasteiger partial charge in [0.15, 0.2) is 10.9 Å². The van der Waals surface area contributed by atoms with Crippen molar-refractivity contribution in [3.8, 4) is 17.3 Å². The SMILES string of the molecule is CCCN(Cc1nnc(-c2ccco2)o1)C(=O)CSc1nncn1-c1ccc(C)c(Cl)c1. The highest BCUT2D eigenvalue weighted by Crippen LogP contribution is 2.24. The third-order valence-corrected chi connectivity index (χ3v) is 5.98. The summed E-state index contributed by atoms with van der Waals surface area (Å²) in [5, 5.41) is 17.4. The van der Waals surface area contributed by atoms with Crippen molar-refractivity contribution in [2.75, 3.05) is 12.3 Å². The third kappa shape index (κ3) is 5.03. The number of benzene rings is 1. The summed E-state index contributed by atoms with van der Waals surface area (Å²) in [6.45, 7) is 4.74. The lowest BCUT2D eigenvalue weighted by Crippen LogP contribution is -2.32. The van der Waals surface area contributed by atoms with Crippen LogP contribution >= 0.6 is 23.4 Å². The van der Waals surface area contributed by atoms with Crippen molar-refractivity contribution in [3.63, 3.8) is 0 Å². The summed E-state index contributed by atoms with van der Waals surface area (Å²) < 4.78 is 12.7. The summed E-state index contributed by atoms with van der Waals surface area (Å²) in [6, 6.07) is 9.20. The van der Waals surface area contributed by atoms with E-state index in [9.17, 15) is 4.79 Å². The maximum Gasteiger partial charge on any atom is 0.283 e. The molecule has 0 fully saturated rings. The van der Waals surface area contributed by atoms with Crippen LogP contribution in [0.4, 0.5) is 0 Å². The zero-order chi connectivity index (χ0) is 22.5. The van der Waals surface area contributed by atoms with Gasteiger partial charge in [0.05, 0.1) is 24.2 Å². The van der Waals surface area contributed by atoms with Crippen LogP contribution in [0, 0.1) is 6.92 Å². The van der Waals surface area contributed by atoms with Crippen LogP contribution in [0.25, 0.3) is 17.3 Å². The highest BCUT2D eigenvalue weighted by Gasteiger charge is 2.19. The highest BCUT2D eigenvalue weighted by atomic mass is 35.5. The summed E-state index contributed by atoms with van der Waals surface area (Å²) in [7, 11) is 0. The molecule has 1 amide bonds. The van der Waals surface area contributed by atoms with Crippen LogP contribution in [0.15, 0.2) is 56.9 Å². The monoisotopic (exact) mass is 472 g/mol. The number of hydrogen-bond donors (Lipinski definition) is 0. The Morgan fingerprint density at radius 2 is 2.12 bits per heavy atom. The molecule has 4 rings (SSSR count). The Morgan fingerprint density at radius 3 is 2.88 bits per heavy atom. The number of nitrogens with zero attached hydrogens (tertiary/aromatic N) is 6. The molecule has 0 aliphatic heterocycles. The molecule has 0 saturated carbocycles. The lowest BCUT2D eigenvalue weighted by Gasteiger charge is -2.20.